The van der Waals surface area contributed by atoms with Gasteiger partial charge in [0.05, 0.1) is 19.5 Å². The van der Waals surface area contributed by atoms with Crippen molar-refractivity contribution in [1.82, 2.24) is 29.4 Å². The summed E-state index contributed by atoms with van der Waals surface area (Å²) in [5.74, 6) is 1.36. The average molecular weight is 389 g/mol. The van der Waals surface area contributed by atoms with Crippen LogP contribution in [-0.4, -0.2) is 42.5 Å². The fourth-order valence-electron chi connectivity index (χ4n) is 4.04. The topological polar surface area (TPSA) is 82.2 Å². The van der Waals surface area contributed by atoms with E-state index < -0.39 is 0 Å². The molecule has 1 unspecified atom stereocenters. The monoisotopic (exact) mass is 389 g/mol. The molecule has 8 nitrogen and oxygen atoms in total. The number of fused-ring (bicyclic) bond motifs is 2. The number of aromatic nitrogens is 6. The molecule has 29 heavy (non-hydrogen) atoms. The molecule has 0 radical (unpaired) electrons. The maximum atomic E-state index is 5.31. The van der Waals surface area contributed by atoms with E-state index >= 15 is 0 Å². The van der Waals surface area contributed by atoms with Crippen LogP contribution < -0.4 is 10.1 Å². The molecule has 4 heterocycles. The molecule has 0 amide bonds. The van der Waals surface area contributed by atoms with Gasteiger partial charge in [0.2, 0.25) is 5.95 Å². The Morgan fingerprint density at radius 1 is 1.28 bits per heavy atom. The highest BCUT2D eigenvalue weighted by Crippen LogP contribution is 2.27. The molecule has 8 heteroatoms. The molecular weight excluding hydrogens is 366 g/mol. The highest BCUT2D eigenvalue weighted by atomic mass is 16.5. The van der Waals surface area contributed by atoms with Crippen molar-refractivity contribution in [3.63, 3.8) is 0 Å². The third kappa shape index (κ3) is 3.20. The van der Waals surface area contributed by atoms with E-state index in [9.17, 15) is 0 Å². The number of nitrogens with zero attached hydrogens (tertiary/aromatic N) is 6. The first-order valence-corrected chi connectivity index (χ1v) is 9.90. The summed E-state index contributed by atoms with van der Waals surface area (Å²) in [5, 5.41) is 12.6. The lowest BCUT2D eigenvalue weighted by Gasteiger charge is -2.23. The van der Waals surface area contributed by atoms with Crippen LogP contribution in [0.5, 0.6) is 5.75 Å². The second-order valence-electron chi connectivity index (χ2n) is 7.26. The summed E-state index contributed by atoms with van der Waals surface area (Å²) in [5.41, 5.74) is 5.39. The van der Waals surface area contributed by atoms with Crippen molar-refractivity contribution < 1.29 is 4.74 Å². The predicted molar refractivity (Wildman–Crippen MR) is 110 cm³/mol. The van der Waals surface area contributed by atoms with Gasteiger partial charge in [-0.3, -0.25) is 9.67 Å². The molecule has 1 aliphatic carbocycles. The Labute approximate surface area is 168 Å². The lowest BCUT2D eigenvalue weighted by atomic mass is 9.93. The average Bonchev–Trinajstić information content (AvgIpc) is 3.36. The molecule has 0 bridgehead atoms. The van der Waals surface area contributed by atoms with Crippen LogP contribution in [0.2, 0.25) is 0 Å². The summed E-state index contributed by atoms with van der Waals surface area (Å²) < 4.78 is 9.21. The first-order valence-electron chi connectivity index (χ1n) is 9.90. The van der Waals surface area contributed by atoms with Crippen LogP contribution in [0.25, 0.3) is 16.8 Å². The summed E-state index contributed by atoms with van der Waals surface area (Å²) in [4.78, 5) is 9.03. The number of hydrogen-bond donors (Lipinski definition) is 1. The van der Waals surface area contributed by atoms with Crippen LogP contribution in [0.1, 0.15) is 24.6 Å². The summed E-state index contributed by atoms with van der Waals surface area (Å²) in [7, 11) is 1.64. The van der Waals surface area contributed by atoms with Crippen molar-refractivity contribution in [1.29, 1.82) is 0 Å². The Morgan fingerprint density at radius 2 is 2.21 bits per heavy atom. The van der Waals surface area contributed by atoms with E-state index in [4.69, 9.17) is 9.72 Å². The number of anilines is 1. The molecule has 0 aromatic carbocycles. The van der Waals surface area contributed by atoms with Crippen molar-refractivity contribution in [2.75, 3.05) is 12.4 Å². The van der Waals surface area contributed by atoms with Crippen molar-refractivity contribution >= 4 is 11.6 Å². The van der Waals surface area contributed by atoms with Crippen LogP contribution in [0, 0.1) is 0 Å². The van der Waals surface area contributed by atoms with Gasteiger partial charge < -0.3 is 10.1 Å². The lowest BCUT2D eigenvalue weighted by Crippen LogP contribution is -2.28. The Hall–Kier alpha value is -3.42. The number of methoxy groups -OCH3 is 1. The molecule has 1 aliphatic rings. The van der Waals surface area contributed by atoms with E-state index in [1.807, 2.05) is 36.8 Å². The van der Waals surface area contributed by atoms with Gasteiger partial charge in [-0.1, -0.05) is 0 Å². The second-order valence-corrected chi connectivity index (χ2v) is 7.26. The van der Waals surface area contributed by atoms with Crippen molar-refractivity contribution in [2.45, 2.75) is 38.8 Å². The maximum absolute atomic E-state index is 5.31. The molecule has 5 rings (SSSR count). The van der Waals surface area contributed by atoms with Crippen LogP contribution in [0.3, 0.4) is 0 Å². The van der Waals surface area contributed by atoms with Gasteiger partial charge in [-0.2, -0.15) is 10.1 Å². The minimum Gasteiger partial charge on any atom is -0.495 e. The van der Waals surface area contributed by atoms with Crippen LogP contribution in [0.4, 0.5) is 5.95 Å². The fraction of sp³-hybridized carbons (Fsp3) is 0.333. The molecule has 1 atom stereocenters. The zero-order valence-electron chi connectivity index (χ0n) is 16.5. The van der Waals surface area contributed by atoms with Gasteiger partial charge in [0, 0.05) is 41.8 Å². The number of nitrogens with one attached hydrogen (secondary N) is 1. The second kappa shape index (κ2) is 7.20. The molecule has 148 valence electrons. The maximum Gasteiger partial charge on any atom is 0.243 e. The molecule has 4 aromatic heterocycles. The summed E-state index contributed by atoms with van der Waals surface area (Å²) in [6, 6.07) is 6.25. The van der Waals surface area contributed by atoms with Crippen LogP contribution in [0.15, 0.2) is 43.0 Å². The first kappa shape index (κ1) is 17.7. The predicted octanol–water partition coefficient (Wildman–Crippen LogP) is 2.99. The number of pyridine rings is 2. The third-order valence-corrected chi connectivity index (χ3v) is 5.49. The van der Waals surface area contributed by atoms with Crippen molar-refractivity contribution in [3.8, 4) is 16.9 Å². The van der Waals surface area contributed by atoms with Crippen LogP contribution in [-0.2, 0) is 19.4 Å². The van der Waals surface area contributed by atoms with Gasteiger partial charge in [-0.15, -0.1) is 5.10 Å². The number of aryl methyl sites for hydroxylation is 1. The van der Waals surface area contributed by atoms with E-state index in [-0.39, 0.29) is 0 Å². The van der Waals surface area contributed by atoms with Crippen molar-refractivity contribution in [2.24, 2.45) is 0 Å². The van der Waals surface area contributed by atoms with Gasteiger partial charge >= 0.3 is 0 Å². The molecule has 0 saturated carbocycles. The molecule has 1 N–H and O–H groups in total. The molecule has 0 saturated heterocycles. The molecule has 0 fully saturated rings. The Morgan fingerprint density at radius 3 is 3.07 bits per heavy atom. The fourth-order valence-corrected chi connectivity index (χ4v) is 4.04. The minimum atomic E-state index is 0.302. The quantitative estimate of drug-likeness (QED) is 0.565. The zero-order chi connectivity index (χ0) is 19.8. The lowest BCUT2D eigenvalue weighted by molar-refractivity contribution is 0.413. The SMILES string of the molecule is CCn1ncc2c1CCC(Nc1nc3c(-c4cncc(OC)c4)cccn3n1)C2. The smallest absolute Gasteiger partial charge is 0.243 e. The van der Waals surface area contributed by atoms with Gasteiger partial charge in [-0.05, 0) is 49.9 Å². The summed E-state index contributed by atoms with van der Waals surface area (Å²) in [6.45, 7) is 3.05. The largest absolute Gasteiger partial charge is 0.495 e. The Kier molecular flexibility index (Phi) is 4.38. The van der Waals surface area contributed by atoms with E-state index in [2.05, 4.69) is 32.1 Å². The molecule has 4 aromatic rings. The Balaban J connectivity index is 1.42. The molecule has 0 spiro atoms. The van der Waals surface area contributed by atoms with Gasteiger partial charge in [0.1, 0.15) is 5.75 Å². The third-order valence-electron chi connectivity index (χ3n) is 5.49. The first-order chi connectivity index (χ1) is 14.2. The Bertz CT molecular complexity index is 1160. The van der Waals surface area contributed by atoms with Gasteiger partial charge in [0.15, 0.2) is 5.65 Å². The van der Waals surface area contributed by atoms with Crippen LogP contribution >= 0.6 is 0 Å². The summed E-state index contributed by atoms with van der Waals surface area (Å²) >= 11 is 0. The van der Waals surface area contributed by atoms with Gasteiger partial charge in [0.25, 0.3) is 0 Å². The number of rotatable bonds is 5. The van der Waals surface area contributed by atoms with E-state index in [0.29, 0.717) is 17.7 Å². The molecular formula is C21H23N7O. The normalized spacial score (nSPS) is 16.0. The van der Waals surface area contributed by atoms with Crippen molar-refractivity contribution in [3.05, 3.63) is 54.2 Å². The van der Waals surface area contributed by atoms with E-state index in [0.717, 1.165) is 42.6 Å². The highest BCUT2D eigenvalue weighted by Gasteiger charge is 2.23. The highest BCUT2D eigenvalue weighted by molar-refractivity contribution is 5.78. The summed E-state index contributed by atoms with van der Waals surface area (Å²) in [6.07, 6.45) is 10.4. The zero-order valence-corrected chi connectivity index (χ0v) is 16.5. The minimum absolute atomic E-state index is 0.302. The molecule has 0 aliphatic heterocycles. The van der Waals surface area contributed by atoms with E-state index in [1.54, 1.807) is 17.8 Å². The van der Waals surface area contributed by atoms with E-state index in [1.165, 1.54) is 11.3 Å². The number of ether oxygens (including phenoxy) is 1. The number of hydrogen-bond acceptors (Lipinski definition) is 6. The van der Waals surface area contributed by atoms with Gasteiger partial charge in [-0.25, -0.2) is 4.52 Å². The standard InChI is InChI=1S/C21H23N7O/c1-3-27-19-7-6-16(9-15(19)12-23-27)24-21-25-20-18(5-4-8-28(20)26-21)14-10-17(29-2)13-22-11-14/h4-5,8,10-13,16H,3,6-7,9H2,1-2H3,(H,24,26).